The first kappa shape index (κ1) is 20.3. The summed E-state index contributed by atoms with van der Waals surface area (Å²) in [6.45, 7) is 4.67. The average Bonchev–Trinajstić information content (AvgIpc) is 3.06. The highest BCUT2D eigenvalue weighted by Crippen LogP contribution is 2.29. The van der Waals surface area contributed by atoms with E-state index in [4.69, 9.17) is 18.0 Å². The minimum absolute atomic E-state index is 0.0491. The lowest BCUT2D eigenvalue weighted by atomic mass is 10.2. The summed E-state index contributed by atoms with van der Waals surface area (Å²) in [6.07, 6.45) is 3.48. The quantitative estimate of drug-likeness (QED) is 0.323. The van der Waals surface area contributed by atoms with Crippen LogP contribution in [0.5, 0.6) is 0 Å². The van der Waals surface area contributed by atoms with E-state index in [9.17, 15) is 5.11 Å². The van der Waals surface area contributed by atoms with Crippen LogP contribution in [0.1, 0.15) is 32.0 Å². The Morgan fingerprint density at radius 2 is 1.96 bits per heavy atom. The van der Waals surface area contributed by atoms with Crippen LogP contribution in [0, 0.1) is 0 Å². The Hall–Kier alpha value is -2.45. The largest absolute Gasteiger partial charge is 0.396 e. The third-order valence-corrected chi connectivity index (χ3v) is 4.94. The van der Waals surface area contributed by atoms with Crippen LogP contribution in [0.15, 0.2) is 24.3 Å². The number of benzene rings is 1. The molecule has 0 bridgehead atoms. The first-order valence-corrected chi connectivity index (χ1v) is 10.2. The molecule has 3 aromatic rings. The van der Waals surface area contributed by atoms with E-state index in [1.165, 1.54) is 0 Å². The van der Waals surface area contributed by atoms with Gasteiger partial charge in [-0.1, -0.05) is 25.1 Å². The van der Waals surface area contributed by atoms with E-state index >= 15 is 0 Å². The number of rotatable bonds is 9. The molecule has 0 aliphatic carbocycles. The molecular formula is C20H28N6OS. The van der Waals surface area contributed by atoms with Crippen LogP contribution in [-0.4, -0.2) is 44.5 Å². The van der Waals surface area contributed by atoms with Crippen LogP contribution < -0.4 is 16.4 Å². The topological polar surface area (TPSA) is 101 Å². The molecule has 0 saturated carbocycles. The number of aromatic nitrogens is 3. The monoisotopic (exact) mass is 400 g/mol. The summed E-state index contributed by atoms with van der Waals surface area (Å²) < 4.78 is 2.18. The van der Waals surface area contributed by atoms with Gasteiger partial charge in [-0.15, -0.1) is 0 Å². The molecule has 28 heavy (non-hydrogen) atoms. The number of nitrogens with zero attached hydrogens (tertiary/aromatic N) is 3. The second-order valence-electron chi connectivity index (χ2n) is 6.75. The molecule has 0 fully saturated rings. The molecule has 0 unspecified atom stereocenters. The first-order valence-electron chi connectivity index (χ1n) is 9.81. The zero-order valence-corrected chi connectivity index (χ0v) is 17.1. The van der Waals surface area contributed by atoms with E-state index in [-0.39, 0.29) is 6.61 Å². The molecule has 2 aromatic heterocycles. The van der Waals surface area contributed by atoms with Crippen molar-refractivity contribution in [1.29, 1.82) is 0 Å². The maximum atomic E-state index is 9.46. The highest BCUT2D eigenvalue weighted by Gasteiger charge is 2.16. The number of anilines is 1. The van der Waals surface area contributed by atoms with E-state index in [0.717, 1.165) is 61.1 Å². The molecule has 0 atom stereocenters. The predicted octanol–water partition coefficient (Wildman–Crippen LogP) is 2.36. The molecule has 0 spiro atoms. The second-order valence-corrected chi connectivity index (χ2v) is 7.16. The Kier molecular flexibility index (Phi) is 7.00. The second kappa shape index (κ2) is 9.66. The third kappa shape index (κ3) is 4.51. The van der Waals surface area contributed by atoms with Crippen molar-refractivity contribution in [1.82, 2.24) is 25.2 Å². The van der Waals surface area contributed by atoms with Gasteiger partial charge in [0, 0.05) is 31.4 Å². The fourth-order valence-corrected chi connectivity index (χ4v) is 3.54. The van der Waals surface area contributed by atoms with Gasteiger partial charge in [-0.25, -0.2) is 9.97 Å². The number of fused-ring (bicyclic) bond motifs is 3. The normalized spacial score (nSPS) is 11.2. The summed E-state index contributed by atoms with van der Waals surface area (Å²) in [5.74, 6) is 1.27. The van der Waals surface area contributed by atoms with Gasteiger partial charge in [0.25, 0.3) is 0 Å². The number of aliphatic hydroxyl groups excluding tert-OH is 1. The molecule has 0 radical (unpaired) electrons. The van der Waals surface area contributed by atoms with Crippen molar-refractivity contribution in [2.24, 2.45) is 0 Å². The SMILES string of the molecule is CCCNC(=S)NCCCCn1c(CCO)nc2c(N)nc3ccccc3c21. The highest BCUT2D eigenvalue weighted by atomic mass is 32.1. The molecule has 3 rings (SSSR count). The molecule has 0 aliphatic heterocycles. The molecule has 5 N–H and O–H groups in total. The molecular weight excluding hydrogens is 372 g/mol. The molecule has 0 aliphatic rings. The van der Waals surface area contributed by atoms with E-state index in [1.54, 1.807) is 0 Å². The maximum absolute atomic E-state index is 9.46. The summed E-state index contributed by atoms with van der Waals surface area (Å²) in [6, 6.07) is 7.96. The van der Waals surface area contributed by atoms with E-state index in [2.05, 4.69) is 32.1 Å². The van der Waals surface area contributed by atoms with E-state index in [0.29, 0.717) is 22.9 Å². The molecule has 2 heterocycles. The number of nitrogens with two attached hydrogens (primary N) is 1. The van der Waals surface area contributed by atoms with Crippen molar-refractivity contribution in [3.63, 3.8) is 0 Å². The van der Waals surface area contributed by atoms with Gasteiger partial charge in [-0.05, 0) is 37.5 Å². The smallest absolute Gasteiger partial charge is 0.166 e. The fraction of sp³-hybridized carbons (Fsp3) is 0.450. The molecule has 0 amide bonds. The van der Waals surface area contributed by atoms with Crippen molar-refractivity contribution in [3.05, 3.63) is 30.1 Å². The Balaban J connectivity index is 1.77. The minimum Gasteiger partial charge on any atom is -0.396 e. The number of aryl methyl sites for hydroxylation is 1. The first-order chi connectivity index (χ1) is 13.7. The van der Waals surface area contributed by atoms with Crippen molar-refractivity contribution < 1.29 is 5.11 Å². The van der Waals surface area contributed by atoms with Crippen LogP contribution in [0.3, 0.4) is 0 Å². The zero-order valence-electron chi connectivity index (χ0n) is 16.2. The van der Waals surface area contributed by atoms with Crippen molar-refractivity contribution in [2.45, 2.75) is 39.2 Å². The number of aliphatic hydroxyl groups is 1. The van der Waals surface area contributed by atoms with Gasteiger partial charge >= 0.3 is 0 Å². The lowest BCUT2D eigenvalue weighted by molar-refractivity contribution is 0.294. The Bertz CT molecular complexity index is 955. The van der Waals surface area contributed by atoms with Crippen LogP contribution in [0.25, 0.3) is 21.9 Å². The number of hydrogen-bond acceptors (Lipinski definition) is 5. The lowest BCUT2D eigenvalue weighted by Crippen LogP contribution is -2.36. The average molecular weight is 401 g/mol. The van der Waals surface area contributed by atoms with Gasteiger partial charge in [0.1, 0.15) is 11.3 Å². The summed E-state index contributed by atoms with van der Waals surface area (Å²) >= 11 is 5.25. The number of unbranched alkanes of at least 4 members (excludes halogenated alkanes) is 1. The van der Waals surface area contributed by atoms with Crippen molar-refractivity contribution in [2.75, 3.05) is 25.4 Å². The van der Waals surface area contributed by atoms with E-state index < -0.39 is 0 Å². The molecule has 8 heteroatoms. The number of para-hydroxylation sites is 1. The number of nitrogen functional groups attached to an aromatic ring is 1. The van der Waals surface area contributed by atoms with E-state index in [1.807, 2.05) is 24.3 Å². The van der Waals surface area contributed by atoms with Crippen molar-refractivity contribution in [3.8, 4) is 0 Å². The highest BCUT2D eigenvalue weighted by molar-refractivity contribution is 7.80. The summed E-state index contributed by atoms with van der Waals surface area (Å²) in [5.41, 5.74) is 8.74. The van der Waals surface area contributed by atoms with Gasteiger partial charge in [-0.3, -0.25) is 0 Å². The van der Waals surface area contributed by atoms with Gasteiger partial charge in [-0.2, -0.15) is 0 Å². The molecule has 150 valence electrons. The summed E-state index contributed by atoms with van der Waals surface area (Å²) in [5, 5.41) is 17.6. The molecule has 7 nitrogen and oxygen atoms in total. The van der Waals surface area contributed by atoms with Gasteiger partial charge in [0.2, 0.25) is 0 Å². The maximum Gasteiger partial charge on any atom is 0.166 e. The summed E-state index contributed by atoms with van der Waals surface area (Å²) in [7, 11) is 0. The Morgan fingerprint density at radius 3 is 2.75 bits per heavy atom. The van der Waals surface area contributed by atoms with Crippen LogP contribution in [-0.2, 0) is 13.0 Å². The van der Waals surface area contributed by atoms with Gasteiger partial charge in [0.15, 0.2) is 10.9 Å². The molecule has 0 saturated heterocycles. The fourth-order valence-electron chi connectivity index (χ4n) is 3.33. The number of hydrogen-bond donors (Lipinski definition) is 4. The zero-order chi connectivity index (χ0) is 19.9. The number of imidazole rings is 1. The number of thiocarbonyl (C=S) groups is 1. The predicted molar refractivity (Wildman–Crippen MR) is 118 cm³/mol. The van der Waals surface area contributed by atoms with Crippen LogP contribution in [0.4, 0.5) is 5.82 Å². The van der Waals surface area contributed by atoms with Crippen molar-refractivity contribution >= 4 is 45.1 Å². The molecule has 1 aromatic carbocycles. The van der Waals surface area contributed by atoms with Crippen LogP contribution >= 0.6 is 12.2 Å². The van der Waals surface area contributed by atoms with Gasteiger partial charge < -0.3 is 26.0 Å². The number of pyridine rings is 1. The number of nitrogens with one attached hydrogen (secondary N) is 2. The Morgan fingerprint density at radius 1 is 1.18 bits per heavy atom. The van der Waals surface area contributed by atoms with Gasteiger partial charge in [0.05, 0.1) is 17.6 Å². The Labute approximate surface area is 170 Å². The lowest BCUT2D eigenvalue weighted by Gasteiger charge is -2.12. The minimum atomic E-state index is 0.0491. The van der Waals surface area contributed by atoms with Crippen LogP contribution in [0.2, 0.25) is 0 Å². The standard InChI is InChI=1S/C20H28N6OS/c1-2-10-22-20(28)23-11-5-6-12-26-16(9-13-27)25-17-18(26)14-7-3-4-8-15(14)24-19(17)21/h3-4,7-8,27H,2,5-6,9-13H2,1H3,(H2,21,24)(H2,22,23,28). The third-order valence-electron chi connectivity index (χ3n) is 4.65. The summed E-state index contributed by atoms with van der Waals surface area (Å²) in [4.78, 5) is 9.16.